The molecule has 4 unspecified atom stereocenters. The fourth-order valence-corrected chi connectivity index (χ4v) is 10.4. The lowest BCUT2D eigenvalue weighted by Crippen LogP contribution is -2.35. The van der Waals surface area contributed by atoms with Gasteiger partial charge in [0, 0.05) is 42.7 Å². The predicted octanol–water partition coefficient (Wildman–Crippen LogP) is 14.2. The molecule has 10 heteroatoms. The molecule has 0 aliphatic heterocycles. The van der Waals surface area contributed by atoms with Crippen LogP contribution in [0.1, 0.15) is 91.2 Å². The maximum Gasteiger partial charge on any atom is 0.217 e. The first kappa shape index (κ1) is 54.9. The minimum atomic E-state index is -1.16. The van der Waals surface area contributed by atoms with Crippen LogP contribution < -0.4 is 9.47 Å². The highest BCUT2D eigenvalue weighted by Gasteiger charge is 2.43. The van der Waals surface area contributed by atoms with Crippen LogP contribution in [0.4, 0.5) is 0 Å². The molecule has 6 aromatic carbocycles. The predicted molar refractivity (Wildman–Crippen MR) is 301 cm³/mol. The van der Waals surface area contributed by atoms with Crippen molar-refractivity contribution < 1.29 is 19.7 Å². The van der Waals surface area contributed by atoms with Gasteiger partial charge in [-0.15, -0.1) is 0 Å². The SMILES string of the molecule is CC.COc1nc2ccc(Br)cc2cc1C(c1ccccc1)C(O)(CCCCN(C)C)c1ccccc1.COc1nc2ccc(Br)cc2cc1C(c1ccccc1)C(O)(CCCN(C)C)c1ccccc1. The summed E-state index contributed by atoms with van der Waals surface area (Å²) < 4.78 is 13.6. The van der Waals surface area contributed by atoms with Gasteiger partial charge in [-0.05, 0) is 144 Å². The Morgan fingerprint density at radius 1 is 0.479 bits per heavy atom. The van der Waals surface area contributed by atoms with E-state index in [4.69, 9.17) is 19.4 Å². The van der Waals surface area contributed by atoms with Gasteiger partial charge >= 0.3 is 0 Å². The Bertz CT molecular complexity index is 2870. The quantitative estimate of drug-likeness (QED) is 0.0774. The van der Waals surface area contributed by atoms with Gasteiger partial charge in [-0.2, -0.15) is 0 Å². The normalized spacial score (nSPS) is 13.8. The monoisotopic (exact) mass is 1080 g/mol. The zero-order valence-corrected chi connectivity index (χ0v) is 45.7. The first-order valence-corrected chi connectivity index (χ1v) is 26.2. The van der Waals surface area contributed by atoms with Crippen LogP contribution in [0.5, 0.6) is 11.8 Å². The lowest BCUT2D eigenvalue weighted by Gasteiger charge is -2.38. The van der Waals surface area contributed by atoms with E-state index in [1.807, 2.05) is 135 Å². The molecule has 8 nitrogen and oxygen atoms in total. The summed E-state index contributed by atoms with van der Waals surface area (Å²) in [6.45, 7) is 5.87. The van der Waals surface area contributed by atoms with Gasteiger partial charge in [-0.1, -0.05) is 167 Å². The van der Waals surface area contributed by atoms with Crippen LogP contribution in [0.25, 0.3) is 21.8 Å². The lowest BCUT2D eigenvalue weighted by atomic mass is 9.71. The number of benzene rings is 6. The van der Waals surface area contributed by atoms with E-state index in [0.717, 1.165) is 96.5 Å². The zero-order chi connectivity index (χ0) is 51.0. The van der Waals surface area contributed by atoms with Crippen LogP contribution in [-0.4, -0.2) is 85.5 Å². The van der Waals surface area contributed by atoms with Crippen LogP contribution in [0.3, 0.4) is 0 Å². The average molecular weight is 1080 g/mol. The summed E-state index contributed by atoms with van der Waals surface area (Å²) in [5.74, 6) is 0.336. The maximum atomic E-state index is 12.7. The Kier molecular flexibility index (Phi) is 20.3. The number of methoxy groups -OCH3 is 2. The Hall–Kier alpha value is -5.46. The number of nitrogens with zero attached hydrogens (tertiary/aromatic N) is 4. The molecule has 0 amide bonds. The first-order chi connectivity index (χ1) is 34.3. The van der Waals surface area contributed by atoms with E-state index in [2.05, 4.69) is 118 Å². The molecule has 0 spiro atoms. The fourth-order valence-electron chi connectivity index (χ4n) is 9.60. The molecule has 71 heavy (non-hydrogen) atoms. The number of hydrogen-bond donors (Lipinski definition) is 2. The van der Waals surface area contributed by atoms with Gasteiger partial charge in [0.05, 0.1) is 25.3 Å². The molecule has 0 saturated carbocycles. The maximum absolute atomic E-state index is 12.7. The van der Waals surface area contributed by atoms with Crippen molar-refractivity contribution in [2.75, 3.05) is 55.5 Å². The minimum Gasteiger partial charge on any atom is -0.481 e. The molecular formula is C61H70Br2N4O4. The summed E-state index contributed by atoms with van der Waals surface area (Å²) in [5, 5.41) is 27.2. The lowest BCUT2D eigenvalue weighted by molar-refractivity contribution is 0.00605. The summed E-state index contributed by atoms with van der Waals surface area (Å²) in [4.78, 5) is 14.0. The van der Waals surface area contributed by atoms with E-state index >= 15 is 0 Å². The third kappa shape index (κ3) is 13.7. The minimum absolute atomic E-state index is 0.365. The standard InChI is InChI=1S/C30H33BrN2O2.C29H31BrN2O2.C2H6/c1-33(2)19-11-10-18-30(34,24-14-8-5-9-15-24)28(22-12-6-4-7-13-22)26-21-23-20-25(31)16-17-27(23)32-29(26)35-3;1-32(2)18-10-17-29(33,23-13-8-5-9-14-23)27(21-11-6-4-7-12-21)25-20-22-19-24(30)15-16-26(22)31-28(25)34-3;1-2/h4-9,12-17,20-21,28,34H,10-11,18-19H2,1-3H3;4-9,11-16,19-20,27,33H,10,17-18H2,1-3H3;1-2H3. The van der Waals surface area contributed by atoms with E-state index in [1.54, 1.807) is 14.2 Å². The number of hydrogen-bond acceptors (Lipinski definition) is 8. The second kappa shape index (κ2) is 26.3. The Morgan fingerprint density at radius 2 is 0.831 bits per heavy atom. The van der Waals surface area contributed by atoms with Crippen molar-refractivity contribution in [3.63, 3.8) is 0 Å². The van der Waals surface area contributed by atoms with Crippen LogP contribution in [0.2, 0.25) is 0 Å². The zero-order valence-electron chi connectivity index (χ0n) is 42.5. The third-order valence-corrected chi connectivity index (χ3v) is 13.9. The summed E-state index contributed by atoms with van der Waals surface area (Å²) in [6, 6.07) is 56.7. The molecule has 2 N–H and O–H groups in total. The van der Waals surface area contributed by atoms with Crippen molar-refractivity contribution in [3.05, 3.63) is 212 Å². The van der Waals surface area contributed by atoms with E-state index < -0.39 is 11.2 Å². The fraction of sp³-hybridized carbons (Fsp3) is 0.311. The van der Waals surface area contributed by atoms with Gasteiger partial charge in [0.15, 0.2) is 0 Å². The molecule has 372 valence electrons. The molecular weight excluding hydrogens is 1010 g/mol. The third-order valence-electron chi connectivity index (χ3n) is 12.9. The second-order valence-electron chi connectivity index (χ2n) is 18.3. The van der Waals surface area contributed by atoms with E-state index in [-0.39, 0.29) is 11.8 Å². The molecule has 4 atom stereocenters. The van der Waals surface area contributed by atoms with Crippen LogP contribution in [0, 0.1) is 0 Å². The highest BCUT2D eigenvalue weighted by Crippen LogP contribution is 2.49. The van der Waals surface area contributed by atoms with Crippen molar-refractivity contribution in [3.8, 4) is 11.8 Å². The molecule has 8 aromatic rings. The molecule has 0 radical (unpaired) electrons. The van der Waals surface area contributed by atoms with Gasteiger partial charge < -0.3 is 29.5 Å². The van der Waals surface area contributed by atoms with Crippen molar-refractivity contribution in [1.82, 2.24) is 19.8 Å². The Balaban J connectivity index is 0.000000225. The number of ether oxygens (including phenoxy) is 2. The van der Waals surface area contributed by atoms with Crippen LogP contribution >= 0.6 is 31.9 Å². The van der Waals surface area contributed by atoms with Crippen molar-refractivity contribution >= 4 is 53.7 Å². The number of aromatic nitrogens is 2. The van der Waals surface area contributed by atoms with Crippen LogP contribution in [0.15, 0.2) is 179 Å². The van der Waals surface area contributed by atoms with Crippen LogP contribution in [-0.2, 0) is 11.2 Å². The summed E-state index contributed by atoms with van der Waals surface area (Å²) in [7, 11) is 11.6. The molecule has 0 bridgehead atoms. The van der Waals surface area contributed by atoms with Crippen molar-refractivity contribution in [2.24, 2.45) is 0 Å². The molecule has 2 aromatic heterocycles. The first-order valence-electron chi connectivity index (χ1n) is 24.6. The largest absolute Gasteiger partial charge is 0.481 e. The number of unbranched alkanes of at least 4 members (excludes halogenated alkanes) is 1. The number of pyridine rings is 2. The van der Waals surface area contributed by atoms with Gasteiger partial charge in [0.2, 0.25) is 11.8 Å². The smallest absolute Gasteiger partial charge is 0.217 e. The highest BCUT2D eigenvalue weighted by atomic mass is 79.9. The molecule has 0 saturated heterocycles. The molecule has 0 aliphatic rings. The summed E-state index contributed by atoms with van der Waals surface area (Å²) in [5.41, 5.74) is 4.99. The molecule has 0 aliphatic carbocycles. The molecule has 8 rings (SSSR count). The van der Waals surface area contributed by atoms with E-state index in [9.17, 15) is 10.2 Å². The second-order valence-corrected chi connectivity index (χ2v) is 20.1. The van der Waals surface area contributed by atoms with Gasteiger partial charge in [0.25, 0.3) is 0 Å². The average Bonchev–Trinajstić information content (AvgIpc) is 3.39. The summed E-state index contributed by atoms with van der Waals surface area (Å²) >= 11 is 7.18. The summed E-state index contributed by atoms with van der Waals surface area (Å²) in [6.07, 6.45) is 3.95. The van der Waals surface area contributed by atoms with Crippen molar-refractivity contribution in [2.45, 2.75) is 69.0 Å². The highest BCUT2D eigenvalue weighted by molar-refractivity contribution is 9.10. The Labute approximate surface area is 439 Å². The number of halogens is 2. The molecule has 2 heterocycles. The van der Waals surface area contributed by atoms with E-state index in [0.29, 0.717) is 24.6 Å². The number of aliphatic hydroxyl groups is 2. The van der Waals surface area contributed by atoms with E-state index in [1.165, 1.54) is 0 Å². The Morgan fingerprint density at radius 3 is 1.20 bits per heavy atom. The number of fused-ring (bicyclic) bond motifs is 2. The van der Waals surface area contributed by atoms with Gasteiger partial charge in [-0.3, -0.25) is 0 Å². The van der Waals surface area contributed by atoms with Crippen molar-refractivity contribution in [1.29, 1.82) is 0 Å². The van der Waals surface area contributed by atoms with Gasteiger partial charge in [-0.25, -0.2) is 9.97 Å². The topological polar surface area (TPSA) is 91.2 Å². The number of rotatable bonds is 19. The van der Waals surface area contributed by atoms with Gasteiger partial charge in [0.1, 0.15) is 11.2 Å². The molecule has 0 fully saturated rings.